The summed E-state index contributed by atoms with van der Waals surface area (Å²) < 4.78 is 19.1. The van der Waals surface area contributed by atoms with Crippen LogP contribution < -0.4 is 5.69 Å². The molecule has 0 saturated carbocycles. The molecular formula is C18H18FN5O3. The Morgan fingerprint density at radius 3 is 3.00 bits per heavy atom. The van der Waals surface area contributed by atoms with Crippen molar-refractivity contribution >= 4 is 5.91 Å². The fourth-order valence-electron chi connectivity index (χ4n) is 3.37. The Kier molecular flexibility index (Phi) is 4.57. The van der Waals surface area contributed by atoms with Gasteiger partial charge in [0.1, 0.15) is 11.5 Å². The van der Waals surface area contributed by atoms with Crippen LogP contribution in [0.3, 0.4) is 0 Å². The molecule has 3 heterocycles. The van der Waals surface area contributed by atoms with Gasteiger partial charge in [0.15, 0.2) is 0 Å². The molecule has 0 bridgehead atoms. The summed E-state index contributed by atoms with van der Waals surface area (Å²) >= 11 is 0. The van der Waals surface area contributed by atoms with Crippen LogP contribution in [0.25, 0.3) is 11.4 Å². The minimum atomic E-state index is -0.404. The predicted molar refractivity (Wildman–Crippen MR) is 93.4 cm³/mol. The molecular weight excluding hydrogens is 353 g/mol. The smallest absolute Gasteiger partial charge is 0.323 e. The maximum Gasteiger partial charge on any atom is 0.323 e. The largest absolute Gasteiger partial charge is 0.339 e. The molecule has 1 aliphatic heterocycles. The first-order chi connectivity index (χ1) is 13.1. The molecule has 8 nitrogen and oxygen atoms in total. The number of nitrogens with zero attached hydrogens (tertiary/aromatic N) is 3. The Hall–Kier alpha value is -3.23. The third-order valence-corrected chi connectivity index (χ3v) is 4.68. The average molecular weight is 371 g/mol. The number of carbonyl (C=O) groups excluding carboxylic acids is 1. The molecule has 1 aliphatic rings. The molecule has 0 radical (unpaired) electrons. The highest BCUT2D eigenvalue weighted by atomic mass is 19.1. The van der Waals surface area contributed by atoms with Crippen LogP contribution in [-0.4, -0.2) is 44.0 Å². The van der Waals surface area contributed by atoms with Gasteiger partial charge in [-0.2, -0.15) is 4.98 Å². The lowest BCUT2D eigenvalue weighted by atomic mass is 9.94. The minimum absolute atomic E-state index is 0.155. The fraction of sp³-hybridized carbons (Fsp3) is 0.333. The third kappa shape index (κ3) is 3.67. The van der Waals surface area contributed by atoms with Gasteiger partial charge in [-0.3, -0.25) is 4.79 Å². The van der Waals surface area contributed by atoms with E-state index in [2.05, 4.69) is 20.1 Å². The second kappa shape index (κ2) is 7.18. The summed E-state index contributed by atoms with van der Waals surface area (Å²) in [5.74, 6) is 0.178. The van der Waals surface area contributed by atoms with Crippen LogP contribution in [0.1, 0.15) is 29.2 Å². The lowest BCUT2D eigenvalue weighted by molar-refractivity contribution is 0.0662. The zero-order chi connectivity index (χ0) is 18.8. The number of aromatic nitrogens is 4. The topological polar surface area (TPSA) is 108 Å². The van der Waals surface area contributed by atoms with E-state index in [1.807, 2.05) is 0 Å². The van der Waals surface area contributed by atoms with Crippen molar-refractivity contribution in [3.05, 3.63) is 58.3 Å². The van der Waals surface area contributed by atoms with Crippen molar-refractivity contribution in [3.63, 3.8) is 0 Å². The van der Waals surface area contributed by atoms with Crippen molar-refractivity contribution in [1.29, 1.82) is 0 Å². The van der Waals surface area contributed by atoms with Gasteiger partial charge in [-0.05, 0) is 30.9 Å². The number of hydrogen-bond acceptors (Lipinski definition) is 5. The highest BCUT2D eigenvalue weighted by Crippen LogP contribution is 2.24. The van der Waals surface area contributed by atoms with Crippen molar-refractivity contribution < 1.29 is 13.7 Å². The van der Waals surface area contributed by atoms with Gasteiger partial charge in [0.05, 0.1) is 5.56 Å². The number of likely N-dealkylation sites (tertiary alicyclic amines) is 1. The van der Waals surface area contributed by atoms with E-state index >= 15 is 0 Å². The van der Waals surface area contributed by atoms with Gasteiger partial charge in [0, 0.05) is 25.7 Å². The van der Waals surface area contributed by atoms with Crippen molar-refractivity contribution in [2.45, 2.75) is 19.3 Å². The average Bonchev–Trinajstić information content (AvgIpc) is 3.31. The molecule has 1 aromatic carbocycles. The molecule has 2 N–H and O–H groups in total. The van der Waals surface area contributed by atoms with Crippen LogP contribution in [-0.2, 0) is 6.42 Å². The van der Waals surface area contributed by atoms with Crippen LogP contribution in [0, 0.1) is 11.7 Å². The van der Waals surface area contributed by atoms with E-state index in [4.69, 9.17) is 4.52 Å². The van der Waals surface area contributed by atoms with E-state index in [0.29, 0.717) is 31.0 Å². The number of hydrogen-bond donors (Lipinski definition) is 2. The lowest BCUT2D eigenvalue weighted by Gasteiger charge is -2.31. The van der Waals surface area contributed by atoms with Gasteiger partial charge < -0.3 is 19.4 Å². The molecule has 3 aromatic rings. The van der Waals surface area contributed by atoms with Crippen LogP contribution in [0.4, 0.5) is 4.39 Å². The van der Waals surface area contributed by atoms with E-state index in [1.165, 1.54) is 12.3 Å². The van der Waals surface area contributed by atoms with Gasteiger partial charge >= 0.3 is 5.69 Å². The number of benzene rings is 1. The molecule has 0 spiro atoms. The number of carbonyl (C=O) groups is 1. The Balaban J connectivity index is 1.43. The molecule has 1 atom stereocenters. The number of H-pyrrole nitrogens is 2. The number of imidazole rings is 1. The van der Waals surface area contributed by atoms with E-state index in [-0.39, 0.29) is 23.3 Å². The normalized spacial score (nSPS) is 17.2. The first-order valence-corrected chi connectivity index (χ1v) is 8.74. The second-order valence-electron chi connectivity index (χ2n) is 6.61. The van der Waals surface area contributed by atoms with Crippen LogP contribution in [0.2, 0.25) is 0 Å². The molecule has 1 fully saturated rings. The highest BCUT2D eigenvalue weighted by Gasteiger charge is 2.27. The maximum atomic E-state index is 13.9. The number of nitrogens with one attached hydrogen (secondary N) is 2. The Morgan fingerprint density at radius 1 is 1.37 bits per heavy atom. The van der Waals surface area contributed by atoms with Crippen molar-refractivity contribution in [1.82, 2.24) is 25.0 Å². The number of aromatic amines is 2. The van der Waals surface area contributed by atoms with E-state index in [0.717, 1.165) is 12.8 Å². The number of halogens is 1. The summed E-state index contributed by atoms with van der Waals surface area (Å²) in [6.07, 6.45) is 3.66. The number of rotatable bonds is 4. The summed E-state index contributed by atoms with van der Waals surface area (Å²) in [6.45, 7) is 1.16. The van der Waals surface area contributed by atoms with Crippen molar-refractivity contribution in [2.24, 2.45) is 5.92 Å². The maximum absolute atomic E-state index is 13.9. The van der Waals surface area contributed by atoms with E-state index in [9.17, 15) is 14.0 Å². The zero-order valence-electron chi connectivity index (χ0n) is 14.4. The third-order valence-electron chi connectivity index (χ3n) is 4.68. The monoisotopic (exact) mass is 371 g/mol. The van der Waals surface area contributed by atoms with Crippen LogP contribution >= 0.6 is 0 Å². The fourth-order valence-corrected chi connectivity index (χ4v) is 3.37. The predicted octanol–water partition coefficient (Wildman–Crippen LogP) is 1.99. The summed E-state index contributed by atoms with van der Waals surface area (Å²) in [4.78, 5) is 34.6. The van der Waals surface area contributed by atoms with Crippen molar-refractivity contribution in [3.8, 4) is 11.4 Å². The Labute approximate surface area is 153 Å². The Morgan fingerprint density at radius 2 is 2.22 bits per heavy atom. The molecule has 9 heteroatoms. The first-order valence-electron chi connectivity index (χ1n) is 8.74. The van der Waals surface area contributed by atoms with Crippen LogP contribution in [0.15, 0.2) is 39.8 Å². The summed E-state index contributed by atoms with van der Waals surface area (Å²) in [6, 6.07) is 6.26. The molecule has 1 unspecified atom stereocenters. The van der Waals surface area contributed by atoms with Gasteiger partial charge in [-0.15, -0.1) is 0 Å². The molecule has 4 rings (SSSR count). The lowest BCUT2D eigenvalue weighted by Crippen LogP contribution is -2.40. The van der Waals surface area contributed by atoms with E-state index < -0.39 is 11.5 Å². The van der Waals surface area contributed by atoms with Crippen molar-refractivity contribution in [2.75, 3.05) is 13.1 Å². The van der Waals surface area contributed by atoms with E-state index in [1.54, 1.807) is 23.1 Å². The molecule has 27 heavy (non-hydrogen) atoms. The molecule has 0 aliphatic carbocycles. The first kappa shape index (κ1) is 17.2. The zero-order valence-corrected chi connectivity index (χ0v) is 14.4. The van der Waals surface area contributed by atoms with Gasteiger partial charge in [0.25, 0.3) is 5.91 Å². The quantitative estimate of drug-likeness (QED) is 0.729. The van der Waals surface area contributed by atoms with Crippen LogP contribution in [0.5, 0.6) is 0 Å². The van der Waals surface area contributed by atoms with Gasteiger partial charge in [0.2, 0.25) is 11.7 Å². The summed E-state index contributed by atoms with van der Waals surface area (Å²) in [5, 5.41) is 3.87. The molecule has 2 aromatic heterocycles. The van der Waals surface area contributed by atoms with Gasteiger partial charge in [-0.1, -0.05) is 17.3 Å². The highest BCUT2D eigenvalue weighted by molar-refractivity contribution is 5.92. The SMILES string of the molecule is O=C(c1c[nH]c(=O)[nH]1)N1CCCC(Cc2nc(-c3ccccc3F)no2)C1. The summed E-state index contributed by atoms with van der Waals surface area (Å²) in [7, 11) is 0. The number of piperidine rings is 1. The standard InChI is InChI=1S/C18H18FN5O3/c19-13-6-2-1-5-12(13)16-22-15(27-23-16)8-11-4-3-7-24(10-11)17(25)14-9-20-18(26)21-14/h1-2,5-6,9,11H,3-4,7-8,10H2,(H2,20,21,26). The molecule has 140 valence electrons. The number of amides is 1. The van der Waals surface area contributed by atoms with Gasteiger partial charge in [-0.25, -0.2) is 9.18 Å². The second-order valence-corrected chi connectivity index (χ2v) is 6.61. The molecule has 1 saturated heterocycles. The Bertz CT molecular complexity index is 1010. The summed E-state index contributed by atoms with van der Waals surface area (Å²) in [5.41, 5.74) is 0.142. The minimum Gasteiger partial charge on any atom is -0.339 e. The molecule has 1 amide bonds.